The van der Waals surface area contributed by atoms with Gasteiger partial charge in [0.25, 0.3) is 5.91 Å². The molecule has 2 aliphatic rings. The number of carboxylic acid groups (broad SMARTS) is 1. The van der Waals surface area contributed by atoms with Crippen molar-refractivity contribution in [3.05, 3.63) is 45.2 Å². The summed E-state index contributed by atoms with van der Waals surface area (Å²) in [7, 11) is 0. The second kappa shape index (κ2) is 11.4. The van der Waals surface area contributed by atoms with Gasteiger partial charge in [-0.2, -0.15) is 18.2 Å². The number of benzene rings is 1. The summed E-state index contributed by atoms with van der Waals surface area (Å²) >= 11 is 1.31. The van der Waals surface area contributed by atoms with Crippen LogP contribution in [-0.4, -0.2) is 58.0 Å². The monoisotopic (exact) mass is 597 g/mol. The minimum Gasteiger partial charge on any atom is -0.487 e. The van der Waals surface area contributed by atoms with Crippen LogP contribution in [0, 0.1) is 5.41 Å². The molecule has 0 saturated carbocycles. The summed E-state index contributed by atoms with van der Waals surface area (Å²) in [4.78, 5) is 32.4. The molecule has 8 nitrogen and oxygen atoms in total. The highest BCUT2D eigenvalue weighted by atomic mass is 32.1. The first-order valence-corrected chi connectivity index (χ1v) is 14.6. The predicted octanol–water partition coefficient (Wildman–Crippen LogP) is 6.33. The Morgan fingerprint density at radius 2 is 1.85 bits per heavy atom. The molecule has 0 aliphatic carbocycles. The molecule has 41 heavy (non-hydrogen) atoms. The Labute approximate surface area is 241 Å². The van der Waals surface area contributed by atoms with E-state index in [1.807, 2.05) is 52.3 Å². The van der Waals surface area contributed by atoms with Crippen molar-refractivity contribution in [3.63, 3.8) is 0 Å². The molecule has 4 rings (SSSR count). The van der Waals surface area contributed by atoms with Crippen LogP contribution in [0.1, 0.15) is 81.6 Å². The number of amides is 2. The molecule has 2 fully saturated rings. The third-order valence-corrected chi connectivity index (χ3v) is 8.82. The van der Waals surface area contributed by atoms with E-state index in [1.54, 1.807) is 0 Å². The molecule has 2 saturated heterocycles. The number of hydrogen-bond donors (Lipinski definition) is 1. The first kappa shape index (κ1) is 31.1. The van der Waals surface area contributed by atoms with Crippen molar-refractivity contribution in [1.82, 2.24) is 9.47 Å². The number of hydrogen-bond acceptors (Lipinski definition) is 5. The fraction of sp³-hybridized carbons (Fsp3) is 0.621. The van der Waals surface area contributed by atoms with Crippen molar-refractivity contribution in [2.75, 3.05) is 13.2 Å². The van der Waals surface area contributed by atoms with Gasteiger partial charge in [0.1, 0.15) is 11.9 Å². The number of thiazole rings is 1. The van der Waals surface area contributed by atoms with Crippen LogP contribution < -0.4 is 9.54 Å². The Kier molecular flexibility index (Phi) is 8.67. The van der Waals surface area contributed by atoms with Crippen molar-refractivity contribution in [2.45, 2.75) is 97.2 Å². The number of ether oxygens (including phenoxy) is 2. The molecule has 1 aromatic carbocycles. The molecule has 12 heteroatoms. The lowest BCUT2D eigenvalue weighted by Crippen LogP contribution is -2.48. The van der Waals surface area contributed by atoms with Crippen LogP contribution in [0.3, 0.4) is 0 Å². The van der Waals surface area contributed by atoms with Gasteiger partial charge < -0.3 is 24.0 Å². The number of likely N-dealkylation sites (tertiary alicyclic amines) is 1. The van der Waals surface area contributed by atoms with Gasteiger partial charge in [-0.3, -0.25) is 4.79 Å². The molecular weight excluding hydrogens is 559 g/mol. The van der Waals surface area contributed by atoms with Crippen LogP contribution in [0.5, 0.6) is 5.75 Å². The van der Waals surface area contributed by atoms with Crippen molar-refractivity contribution < 1.29 is 37.3 Å². The molecule has 0 spiro atoms. The van der Waals surface area contributed by atoms with E-state index < -0.39 is 41.3 Å². The molecule has 1 N–H and O–H groups in total. The second-order valence-corrected chi connectivity index (χ2v) is 13.8. The predicted molar refractivity (Wildman–Crippen MR) is 148 cm³/mol. The van der Waals surface area contributed by atoms with Crippen LogP contribution in [0.4, 0.5) is 18.0 Å². The Hall–Kier alpha value is -2.86. The smallest absolute Gasteiger partial charge is 0.416 e. The molecule has 226 valence electrons. The Morgan fingerprint density at radius 1 is 1.15 bits per heavy atom. The summed E-state index contributed by atoms with van der Waals surface area (Å²) in [5.41, 5.74) is -2.07. The van der Waals surface area contributed by atoms with Gasteiger partial charge in [-0.25, -0.2) is 4.79 Å². The number of aromatic nitrogens is 1. The molecule has 0 bridgehead atoms. The topological polar surface area (TPSA) is 93.4 Å². The Balaban J connectivity index is 1.76. The van der Waals surface area contributed by atoms with E-state index in [0.29, 0.717) is 24.4 Å². The molecule has 2 amide bonds. The minimum atomic E-state index is -4.68. The van der Waals surface area contributed by atoms with Gasteiger partial charge in [0.05, 0.1) is 29.8 Å². The zero-order valence-corrected chi connectivity index (χ0v) is 25.1. The van der Waals surface area contributed by atoms with Crippen LogP contribution in [0.2, 0.25) is 0 Å². The van der Waals surface area contributed by atoms with E-state index in [-0.39, 0.29) is 29.4 Å². The van der Waals surface area contributed by atoms with Gasteiger partial charge in [0, 0.05) is 30.6 Å². The first-order chi connectivity index (χ1) is 18.9. The lowest BCUT2D eigenvalue weighted by atomic mass is 9.83. The number of carbonyl (C=O) groups is 2. The van der Waals surface area contributed by atoms with Crippen LogP contribution in [0.15, 0.2) is 29.4 Å². The Morgan fingerprint density at radius 3 is 2.41 bits per heavy atom. The standard InChI is InChI=1S/C29H38F3N3O5S/c1-27(2,3)22-16-34(15-18-8-7-13-39-18)25(41-22)33-24(36)19-14-17(29(30,31)32)9-10-20(19)40-21-11-12-35(26(37)38)23(21)28(4,5)6/h9-10,14,16,18,21,23H,7-8,11-13,15H2,1-6H3,(H,37,38)/t18-,21-,23?/m1/s1. The van der Waals surface area contributed by atoms with Crippen LogP contribution in [0.25, 0.3) is 0 Å². The maximum atomic E-state index is 13.7. The van der Waals surface area contributed by atoms with Crippen LogP contribution in [-0.2, 0) is 22.9 Å². The van der Waals surface area contributed by atoms with Crippen molar-refractivity contribution >= 4 is 23.3 Å². The largest absolute Gasteiger partial charge is 0.487 e. The highest BCUT2D eigenvalue weighted by molar-refractivity contribution is 7.09. The fourth-order valence-electron chi connectivity index (χ4n) is 5.37. The van der Waals surface area contributed by atoms with E-state index in [2.05, 4.69) is 4.99 Å². The molecule has 3 heterocycles. The van der Waals surface area contributed by atoms with E-state index in [1.165, 1.54) is 16.2 Å². The molecule has 1 aromatic heterocycles. The number of halogens is 3. The van der Waals surface area contributed by atoms with E-state index in [9.17, 15) is 27.9 Å². The second-order valence-electron chi connectivity index (χ2n) is 12.8. The van der Waals surface area contributed by atoms with Gasteiger partial charge in [-0.05, 0) is 41.9 Å². The third-order valence-electron chi connectivity index (χ3n) is 7.37. The van der Waals surface area contributed by atoms with Crippen molar-refractivity contribution in [1.29, 1.82) is 0 Å². The van der Waals surface area contributed by atoms with E-state index in [4.69, 9.17) is 9.47 Å². The zero-order valence-electron chi connectivity index (χ0n) is 24.2. The minimum absolute atomic E-state index is 0.0344. The van der Waals surface area contributed by atoms with Crippen molar-refractivity contribution in [3.8, 4) is 5.75 Å². The number of alkyl halides is 3. The zero-order chi connectivity index (χ0) is 30.3. The fourth-order valence-corrected chi connectivity index (χ4v) is 6.42. The molecular formula is C29H38F3N3O5S. The van der Waals surface area contributed by atoms with Crippen molar-refractivity contribution in [2.24, 2.45) is 10.4 Å². The molecule has 2 aliphatic heterocycles. The van der Waals surface area contributed by atoms with Gasteiger partial charge in [-0.15, -0.1) is 11.3 Å². The Bertz CT molecular complexity index is 1350. The number of rotatable bonds is 5. The summed E-state index contributed by atoms with van der Waals surface area (Å²) in [5, 5.41) is 9.72. The molecule has 0 radical (unpaired) electrons. The molecule has 3 atom stereocenters. The summed E-state index contributed by atoms with van der Waals surface area (Å²) in [5.74, 6) is -0.925. The summed E-state index contributed by atoms with van der Waals surface area (Å²) in [6.07, 6.45) is -2.41. The SMILES string of the molecule is CC(C)(C)c1cn(C[C@H]2CCCO2)c(=NC(=O)c2cc(C(F)(F)F)ccc2O[C@@H]2CCN(C(=O)O)C2C(C)(C)C)s1. The molecule has 2 aromatic rings. The summed E-state index contributed by atoms with van der Waals surface area (Å²) in [6, 6.07) is 2.19. The highest BCUT2D eigenvalue weighted by Crippen LogP contribution is 2.38. The quantitative estimate of drug-likeness (QED) is 0.435. The average Bonchev–Trinajstić information content (AvgIpc) is 3.59. The lowest BCUT2D eigenvalue weighted by molar-refractivity contribution is -0.137. The normalized spacial score (nSPS) is 22.4. The van der Waals surface area contributed by atoms with Crippen LogP contribution >= 0.6 is 11.3 Å². The van der Waals surface area contributed by atoms with Gasteiger partial charge in [0.15, 0.2) is 4.80 Å². The lowest BCUT2D eigenvalue weighted by Gasteiger charge is -2.36. The highest BCUT2D eigenvalue weighted by Gasteiger charge is 2.46. The van der Waals surface area contributed by atoms with Gasteiger partial charge in [-0.1, -0.05) is 41.5 Å². The third kappa shape index (κ3) is 7.14. The maximum Gasteiger partial charge on any atom is 0.416 e. The van der Waals surface area contributed by atoms with Gasteiger partial charge in [0.2, 0.25) is 0 Å². The van der Waals surface area contributed by atoms with Gasteiger partial charge >= 0.3 is 12.3 Å². The first-order valence-electron chi connectivity index (χ1n) is 13.7. The summed E-state index contributed by atoms with van der Waals surface area (Å²) in [6.45, 7) is 13.1. The molecule has 1 unspecified atom stereocenters. The number of carbonyl (C=O) groups excluding carboxylic acids is 1. The van der Waals surface area contributed by atoms with E-state index in [0.717, 1.165) is 35.9 Å². The number of nitrogens with zero attached hydrogens (tertiary/aromatic N) is 3. The average molecular weight is 598 g/mol. The van der Waals surface area contributed by atoms with E-state index >= 15 is 0 Å². The maximum absolute atomic E-state index is 13.7. The summed E-state index contributed by atoms with van der Waals surface area (Å²) < 4.78 is 54.9.